The number of nitrogens with zero attached hydrogens (tertiary/aromatic N) is 1. The van der Waals surface area contributed by atoms with Crippen molar-refractivity contribution in [1.82, 2.24) is 10.2 Å². The molecule has 0 aromatic carbocycles. The van der Waals surface area contributed by atoms with Crippen molar-refractivity contribution in [3.63, 3.8) is 0 Å². The topological polar surface area (TPSA) is 69.6 Å². The lowest BCUT2D eigenvalue weighted by Gasteiger charge is -2.21. The molecule has 1 aliphatic heterocycles. The van der Waals surface area contributed by atoms with E-state index in [1.54, 1.807) is 11.9 Å². The maximum atomic E-state index is 11.8. The van der Waals surface area contributed by atoms with Gasteiger partial charge in [-0.3, -0.25) is 9.59 Å². The van der Waals surface area contributed by atoms with Gasteiger partial charge in [-0.05, 0) is 5.92 Å². The minimum Gasteiger partial charge on any atom is -0.391 e. The number of hydrogen-bond acceptors (Lipinski definition) is 3. The zero-order chi connectivity index (χ0) is 13.7. The van der Waals surface area contributed by atoms with Gasteiger partial charge < -0.3 is 15.3 Å². The highest BCUT2D eigenvalue weighted by Gasteiger charge is 2.32. The van der Waals surface area contributed by atoms with E-state index in [2.05, 4.69) is 5.32 Å². The number of aliphatic hydroxyl groups excluding tert-OH is 1. The van der Waals surface area contributed by atoms with E-state index in [0.29, 0.717) is 6.54 Å². The van der Waals surface area contributed by atoms with E-state index in [1.807, 2.05) is 13.8 Å². The molecule has 1 rings (SSSR count). The van der Waals surface area contributed by atoms with E-state index in [1.165, 1.54) is 0 Å². The van der Waals surface area contributed by atoms with Crippen LogP contribution in [0.25, 0.3) is 0 Å². The highest BCUT2D eigenvalue weighted by atomic mass is 16.3. The minimum atomic E-state index is -0.501. The quantitative estimate of drug-likeness (QED) is 0.722. The van der Waals surface area contributed by atoms with E-state index in [0.717, 1.165) is 12.8 Å². The van der Waals surface area contributed by atoms with E-state index in [-0.39, 0.29) is 36.6 Å². The number of amides is 2. The van der Waals surface area contributed by atoms with Gasteiger partial charge in [-0.2, -0.15) is 0 Å². The summed E-state index contributed by atoms with van der Waals surface area (Å²) in [7, 11) is 1.70. The van der Waals surface area contributed by atoms with Crippen LogP contribution in [0.3, 0.4) is 0 Å². The molecule has 2 atom stereocenters. The maximum absolute atomic E-state index is 11.8. The Morgan fingerprint density at radius 1 is 1.50 bits per heavy atom. The van der Waals surface area contributed by atoms with Crippen LogP contribution in [0.1, 0.15) is 33.1 Å². The summed E-state index contributed by atoms with van der Waals surface area (Å²) in [6.45, 7) is 4.82. The zero-order valence-corrected chi connectivity index (χ0v) is 11.5. The average Bonchev–Trinajstić information content (AvgIpc) is 2.68. The van der Waals surface area contributed by atoms with Crippen LogP contribution in [0.4, 0.5) is 0 Å². The third kappa shape index (κ3) is 3.70. The molecule has 2 N–H and O–H groups in total. The van der Waals surface area contributed by atoms with Crippen molar-refractivity contribution >= 4 is 11.8 Å². The summed E-state index contributed by atoms with van der Waals surface area (Å²) in [5, 5.41) is 12.7. The number of nitrogens with one attached hydrogen (secondary N) is 1. The van der Waals surface area contributed by atoms with Gasteiger partial charge in [-0.1, -0.05) is 26.7 Å². The van der Waals surface area contributed by atoms with Crippen molar-refractivity contribution in [3.05, 3.63) is 0 Å². The van der Waals surface area contributed by atoms with Crippen molar-refractivity contribution in [2.24, 2.45) is 11.8 Å². The molecule has 1 heterocycles. The Labute approximate surface area is 109 Å². The van der Waals surface area contributed by atoms with E-state index in [9.17, 15) is 14.7 Å². The number of carbonyl (C=O) groups is 2. The number of rotatable bonds is 6. The molecular weight excluding hydrogens is 232 g/mol. The second-order valence-corrected chi connectivity index (χ2v) is 5.06. The molecule has 18 heavy (non-hydrogen) atoms. The first-order chi connectivity index (χ1) is 8.49. The molecule has 0 saturated carbocycles. The van der Waals surface area contributed by atoms with Gasteiger partial charge in [0.05, 0.1) is 12.0 Å². The second-order valence-electron chi connectivity index (χ2n) is 5.06. The van der Waals surface area contributed by atoms with Crippen molar-refractivity contribution < 1.29 is 14.7 Å². The van der Waals surface area contributed by atoms with Crippen LogP contribution in [0.5, 0.6) is 0 Å². The van der Waals surface area contributed by atoms with Crippen LogP contribution in [0.15, 0.2) is 0 Å². The number of likely N-dealkylation sites (tertiary alicyclic amines) is 1. The molecule has 0 aromatic heterocycles. The lowest BCUT2D eigenvalue weighted by Crippen LogP contribution is -2.39. The van der Waals surface area contributed by atoms with Gasteiger partial charge >= 0.3 is 0 Å². The molecule has 0 spiro atoms. The number of hydrogen-bond donors (Lipinski definition) is 2. The lowest BCUT2D eigenvalue weighted by atomic mass is 9.96. The Morgan fingerprint density at radius 3 is 2.56 bits per heavy atom. The number of carbonyl (C=O) groups excluding carboxylic acids is 2. The zero-order valence-electron chi connectivity index (χ0n) is 11.5. The Bertz CT molecular complexity index is 303. The predicted molar refractivity (Wildman–Crippen MR) is 68.8 cm³/mol. The van der Waals surface area contributed by atoms with Gasteiger partial charge in [0.1, 0.15) is 0 Å². The fourth-order valence-electron chi connectivity index (χ4n) is 2.39. The van der Waals surface area contributed by atoms with Crippen LogP contribution in [-0.2, 0) is 9.59 Å². The molecule has 2 unspecified atom stereocenters. The van der Waals surface area contributed by atoms with Gasteiger partial charge in [-0.25, -0.2) is 0 Å². The third-order valence-corrected chi connectivity index (χ3v) is 3.79. The highest BCUT2D eigenvalue weighted by molar-refractivity contribution is 5.89. The van der Waals surface area contributed by atoms with Crippen LogP contribution in [0, 0.1) is 11.8 Å². The molecule has 1 aliphatic rings. The highest BCUT2D eigenvalue weighted by Crippen LogP contribution is 2.16. The van der Waals surface area contributed by atoms with Crippen molar-refractivity contribution in [2.75, 3.05) is 20.1 Å². The summed E-state index contributed by atoms with van der Waals surface area (Å²) in [6.07, 6.45) is 1.58. The van der Waals surface area contributed by atoms with E-state index >= 15 is 0 Å². The Morgan fingerprint density at radius 2 is 2.11 bits per heavy atom. The first-order valence-corrected chi connectivity index (χ1v) is 6.69. The van der Waals surface area contributed by atoms with Crippen molar-refractivity contribution in [2.45, 2.75) is 39.2 Å². The SMILES string of the molecule is CCC(CC)C(O)CNC(=O)C1CC(=O)N(C)C1. The monoisotopic (exact) mass is 256 g/mol. The first kappa shape index (κ1) is 15.0. The van der Waals surface area contributed by atoms with Gasteiger partial charge in [0.15, 0.2) is 0 Å². The summed E-state index contributed by atoms with van der Waals surface area (Å²) >= 11 is 0. The second kappa shape index (κ2) is 6.73. The summed E-state index contributed by atoms with van der Waals surface area (Å²) in [4.78, 5) is 24.7. The first-order valence-electron chi connectivity index (χ1n) is 6.69. The van der Waals surface area contributed by atoms with Crippen LogP contribution in [-0.4, -0.2) is 48.1 Å². The van der Waals surface area contributed by atoms with Crippen LogP contribution >= 0.6 is 0 Å². The minimum absolute atomic E-state index is 0.00990. The summed E-state index contributed by atoms with van der Waals surface area (Å²) in [6, 6.07) is 0. The lowest BCUT2D eigenvalue weighted by molar-refractivity contribution is -0.128. The van der Waals surface area contributed by atoms with Gasteiger partial charge in [0, 0.05) is 26.6 Å². The largest absolute Gasteiger partial charge is 0.391 e. The summed E-state index contributed by atoms with van der Waals surface area (Å²) < 4.78 is 0. The van der Waals surface area contributed by atoms with Gasteiger partial charge in [-0.15, -0.1) is 0 Å². The molecule has 0 aliphatic carbocycles. The fourth-order valence-corrected chi connectivity index (χ4v) is 2.39. The predicted octanol–water partition coefficient (Wildman–Crippen LogP) is 0.378. The molecule has 1 saturated heterocycles. The standard InChI is InChI=1S/C13H24N2O3/c1-4-9(5-2)11(16)7-14-13(18)10-6-12(17)15(3)8-10/h9-11,16H,4-8H2,1-3H3,(H,14,18). The Hall–Kier alpha value is -1.10. The van der Waals surface area contributed by atoms with Crippen molar-refractivity contribution in [1.29, 1.82) is 0 Å². The molecular formula is C13H24N2O3. The summed E-state index contributed by atoms with van der Waals surface area (Å²) in [5.41, 5.74) is 0. The Kier molecular flexibility index (Phi) is 5.59. The smallest absolute Gasteiger partial charge is 0.225 e. The van der Waals surface area contributed by atoms with Crippen molar-refractivity contribution in [3.8, 4) is 0 Å². The van der Waals surface area contributed by atoms with Crippen LogP contribution < -0.4 is 5.32 Å². The molecule has 2 amide bonds. The maximum Gasteiger partial charge on any atom is 0.225 e. The third-order valence-electron chi connectivity index (χ3n) is 3.79. The molecule has 5 heteroatoms. The molecule has 0 bridgehead atoms. The molecule has 104 valence electrons. The normalized spacial score (nSPS) is 21.5. The van der Waals surface area contributed by atoms with Gasteiger partial charge in [0.25, 0.3) is 0 Å². The van der Waals surface area contributed by atoms with Crippen LogP contribution in [0.2, 0.25) is 0 Å². The molecule has 0 aromatic rings. The Balaban J connectivity index is 2.35. The van der Waals surface area contributed by atoms with E-state index < -0.39 is 6.10 Å². The van der Waals surface area contributed by atoms with E-state index in [4.69, 9.17) is 0 Å². The summed E-state index contributed by atoms with van der Waals surface area (Å²) in [5.74, 6) is -0.164. The molecule has 0 radical (unpaired) electrons. The molecule has 1 fully saturated rings. The fraction of sp³-hybridized carbons (Fsp3) is 0.846. The molecule has 5 nitrogen and oxygen atoms in total. The van der Waals surface area contributed by atoms with Gasteiger partial charge in [0.2, 0.25) is 11.8 Å². The average molecular weight is 256 g/mol. The number of aliphatic hydroxyl groups is 1.